The molecule has 1 rings (SSSR count). The SMILES string of the molecule is C=CCOC1=CCOCC1. The second kappa shape index (κ2) is 4.12. The lowest BCUT2D eigenvalue weighted by molar-refractivity contribution is 0.119. The molecule has 0 fully saturated rings. The van der Waals surface area contributed by atoms with Crippen LogP contribution in [0.2, 0.25) is 0 Å². The molecule has 0 radical (unpaired) electrons. The first kappa shape index (κ1) is 7.35. The molecular weight excluding hydrogens is 128 g/mol. The van der Waals surface area contributed by atoms with Crippen LogP contribution in [-0.2, 0) is 9.47 Å². The highest BCUT2D eigenvalue weighted by atomic mass is 16.5. The van der Waals surface area contributed by atoms with E-state index < -0.39 is 0 Å². The van der Waals surface area contributed by atoms with Crippen LogP contribution in [-0.4, -0.2) is 19.8 Å². The van der Waals surface area contributed by atoms with Gasteiger partial charge in [-0.3, -0.25) is 0 Å². The Balaban J connectivity index is 2.24. The molecule has 0 unspecified atom stereocenters. The average molecular weight is 140 g/mol. The highest BCUT2D eigenvalue weighted by Gasteiger charge is 2.02. The van der Waals surface area contributed by atoms with Crippen LogP contribution in [0.3, 0.4) is 0 Å². The highest BCUT2D eigenvalue weighted by Crippen LogP contribution is 2.08. The fourth-order valence-electron chi connectivity index (χ4n) is 0.807. The molecule has 2 heteroatoms. The minimum Gasteiger partial charge on any atom is -0.494 e. The molecule has 0 spiro atoms. The second-order valence-corrected chi connectivity index (χ2v) is 2.10. The normalized spacial score (nSPS) is 17.8. The first-order valence-electron chi connectivity index (χ1n) is 3.44. The van der Waals surface area contributed by atoms with Gasteiger partial charge in [-0.05, 0) is 6.08 Å². The predicted molar refractivity (Wildman–Crippen MR) is 39.7 cm³/mol. The summed E-state index contributed by atoms with van der Waals surface area (Å²) in [5.74, 6) is 1.03. The molecular formula is C8H12O2. The van der Waals surface area contributed by atoms with Crippen LogP contribution in [0.1, 0.15) is 6.42 Å². The molecule has 1 heterocycles. The van der Waals surface area contributed by atoms with E-state index >= 15 is 0 Å². The molecule has 0 saturated heterocycles. The van der Waals surface area contributed by atoms with Crippen molar-refractivity contribution in [2.45, 2.75) is 6.42 Å². The summed E-state index contributed by atoms with van der Waals surface area (Å²) in [7, 11) is 0. The van der Waals surface area contributed by atoms with E-state index in [2.05, 4.69) is 6.58 Å². The standard InChI is InChI=1S/C8H12O2/c1-2-5-10-8-3-6-9-7-4-8/h2-3H,1,4-7H2. The van der Waals surface area contributed by atoms with Crippen LogP contribution in [0.4, 0.5) is 0 Å². The molecule has 0 N–H and O–H groups in total. The van der Waals surface area contributed by atoms with E-state index in [1.807, 2.05) is 6.08 Å². The van der Waals surface area contributed by atoms with Gasteiger partial charge in [0.1, 0.15) is 6.61 Å². The van der Waals surface area contributed by atoms with Gasteiger partial charge in [-0.15, -0.1) is 0 Å². The third-order valence-electron chi connectivity index (χ3n) is 1.31. The van der Waals surface area contributed by atoms with Crippen LogP contribution < -0.4 is 0 Å². The summed E-state index contributed by atoms with van der Waals surface area (Å²) < 4.78 is 10.4. The molecule has 0 amide bonds. The topological polar surface area (TPSA) is 18.5 Å². The average Bonchev–Trinajstić information content (AvgIpc) is 2.03. The summed E-state index contributed by atoms with van der Waals surface area (Å²) in [5, 5.41) is 0. The number of hydrogen-bond acceptors (Lipinski definition) is 2. The van der Waals surface area contributed by atoms with E-state index in [0.717, 1.165) is 18.8 Å². The van der Waals surface area contributed by atoms with Gasteiger partial charge >= 0.3 is 0 Å². The summed E-state index contributed by atoms with van der Waals surface area (Å²) in [6, 6.07) is 0. The lowest BCUT2D eigenvalue weighted by Crippen LogP contribution is -2.06. The van der Waals surface area contributed by atoms with Gasteiger partial charge < -0.3 is 9.47 Å². The van der Waals surface area contributed by atoms with Gasteiger partial charge in [0.2, 0.25) is 0 Å². The van der Waals surface area contributed by atoms with Crippen LogP contribution in [0.15, 0.2) is 24.5 Å². The second-order valence-electron chi connectivity index (χ2n) is 2.10. The van der Waals surface area contributed by atoms with E-state index in [0.29, 0.717) is 13.2 Å². The molecule has 0 aromatic rings. The Hall–Kier alpha value is -0.760. The van der Waals surface area contributed by atoms with Crippen LogP contribution >= 0.6 is 0 Å². The molecule has 1 aliphatic heterocycles. The van der Waals surface area contributed by atoms with Gasteiger partial charge in [-0.1, -0.05) is 12.7 Å². The zero-order valence-electron chi connectivity index (χ0n) is 6.01. The van der Waals surface area contributed by atoms with Gasteiger partial charge in [0.15, 0.2) is 0 Å². The Labute approximate surface area is 61.1 Å². The van der Waals surface area contributed by atoms with E-state index in [-0.39, 0.29) is 0 Å². The minimum absolute atomic E-state index is 0.603. The van der Waals surface area contributed by atoms with Crippen molar-refractivity contribution in [2.24, 2.45) is 0 Å². The molecule has 0 atom stereocenters. The predicted octanol–water partition coefficient (Wildman–Crippen LogP) is 1.49. The van der Waals surface area contributed by atoms with Crippen molar-refractivity contribution in [3.63, 3.8) is 0 Å². The molecule has 0 aliphatic carbocycles. The van der Waals surface area contributed by atoms with E-state index in [1.54, 1.807) is 6.08 Å². The van der Waals surface area contributed by atoms with Crippen molar-refractivity contribution in [3.8, 4) is 0 Å². The Morgan fingerprint density at radius 3 is 3.30 bits per heavy atom. The first-order valence-corrected chi connectivity index (χ1v) is 3.44. The monoisotopic (exact) mass is 140 g/mol. The molecule has 10 heavy (non-hydrogen) atoms. The summed E-state index contributed by atoms with van der Waals surface area (Å²) >= 11 is 0. The van der Waals surface area contributed by atoms with E-state index in [1.165, 1.54) is 0 Å². The zero-order chi connectivity index (χ0) is 7.23. The molecule has 56 valence electrons. The van der Waals surface area contributed by atoms with Crippen molar-refractivity contribution in [3.05, 3.63) is 24.5 Å². The summed E-state index contributed by atoms with van der Waals surface area (Å²) in [5.41, 5.74) is 0. The third-order valence-corrected chi connectivity index (χ3v) is 1.31. The summed E-state index contributed by atoms with van der Waals surface area (Å²) in [6.07, 6.45) is 4.61. The van der Waals surface area contributed by atoms with Gasteiger partial charge in [-0.25, -0.2) is 0 Å². The zero-order valence-corrected chi connectivity index (χ0v) is 6.01. The Bertz CT molecular complexity index is 138. The van der Waals surface area contributed by atoms with Crippen molar-refractivity contribution >= 4 is 0 Å². The molecule has 0 saturated carbocycles. The quantitative estimate of drug-likeness (QED) is 0.553. The number of ether oxygens (including phenoxy) is 2. The van der Waals surface area contributed by atoms with Crippen molar-refractivity contribution < 1.29 is 9.47 Å². The number of rotatable bonds is 3. The van der Waals surface area contributed by atoms with Crippen molar-refractivity contribution in [1.29, 1.82) is 0 Å². The maximum atomic E-state index is 5.30. The maximum Gasteiger partial charge on any atom is 0.106 e. The lowest BCUT2D eigenvalue weighted by Gasteiger charge is -2.13. The first-order chi connectivity index (χ1) is 4.93. The minimum atomic E-state index is 0.603. The molecule has 2 nitrogen and oxygen atoms in total. The van der Waals surface area contributed by atoms with Crippen LogP contribution in [0.25, 0.3) is 0 Å². The molecule has 0 bridgehead atoms. The van der Waals surface area contributed by atoms with Crippen molar-refractivity contribution in [1.82, 2.24) is 0 Å². The Morgan fingerprint density at radius 1 is 1.80 bits per heavy atom. The van der Waals surface area contributed by atoms with Gasteiger partial charge in [-0.2, -0.15) is 0 Å². The van der Waals surface area contributed by atoms with E-state index in [4.69, 9.17) is 9.47 Å². The van der Waals surface area contributed by atoms with Gasteiger partial charge in [0.05, 0.1) is 19.0 Å². The van der Waals surface area contributed by atoms with Crippen LogP contribution in [0.5, 0.6) is 0 Å². The van der Waals surface area contributed by atoms with Gasteiger partial charge in [0.25, 0.3) is 0 Å². The van der Waals surface area contributed by atoms with Crippen LogP contribution in [0, 0.1) is 0 Å². The van der Waals surface area contributed by atoms with Gasteiger partial charge in [0, 0.05) is 6.42 Å². The largest absolute Gasteiger partial charge is 0.494 e. The maximum absolute atomic E-state index is 5.30. The summed E-state index contributed by atoms with van der Waals surface area (Å²) in [4.78, 5) is 0. The smallest absolute Gasteiger partial charge is 0.106 e. The third kappa shape index (κ3) is 2.23. The number of hydrogen-bond donors (Lipinski definition) is 0. The molecule has 0 aromatic carbocycles. The highest BCUT2D eigenvalue weighted by molar-refractivity contribution is 4.96. The fraction of sp³-hybridized carbons (Fsp3) is 0.500. The molecule has 1 aliphatic rings. The molecule has 0 aromatic heterocycles. The van der Waals surface area contributed by atoms with E-state index in [9.17, 15) is 0 Å². The Morgan fingerprint density at radius 2 is 2.70 bits per heavy atom. The Kier molecular flexibility index (Phi) is 3.03. The lowest BCUT2D eigenvalue weighted by atomic mass is 10.3. The summed E-state index contributed by atoms with van der Waals surface area (Å²) in [6.45, 7) is 5.63. The fourth-order valence-corrected chi connectivity index (χ4v) is 0.807. The van der Waals surface area contributed by atoms with Crippen molar-refractivity contribution in [2.75, 3.05) is 19.8 Å².